The van der Waals surface area contributed by atoms with Gasteiger partial charge in [-0.15, -0.1) is 0 Å². The predicted molar refractivity (Wildman–Crippen MR) is 207 cm³/mol. The summed E-state index contributed by atoms with van der Waals surface area (Å²) in [5, 5.41) is 13.8. The first-order valence-electron chi connectivity index (χ1n) is 18.4. The van der Waals surface area contributed by atoms with Gasteiger partial charge in [0.15, 0.2) is 19.9 Å². The summed E-state index contributed by atoms with van der Waals surface area (Å²) in [4.78, 5) is 0. The topological polar surface area (TPSA) is 75.6 Å². The van der Waals surface area contributed by atoms with Gasteiger partial charge >= 0.3 is 0 Å². The Hall–Kier alpha value is -1.85. The van der Waals surface area contributed by atoms with Crippen molar-refractivity contribution in [2.24, 2.45) is 0 Å². The van der Waals surface area contributed by atoms with Crippen molar-refractivity contribution in [3.8, 4) is 11.8 Å². The summed E-state index contributed by atoms with van der Waals surface area (Å²) in [6.07, 6.45) is 0.510. The number of benzene rings is 2. The van der Waals surface area contributed by atoms with Crippen LogP contribution in [0.25, 0.3) is 0 Å². The average molecular weight is 725 g/mol. The lowest BCUT2D eigenvalue weighted by Crippen LogP contribution is -2.66. The Bertz CT molecular complexity index is 1380. The summed E-state index contributed by atoms with van der Waals surface area (Å²) in [6, 6.07) is 21.4. The third-order valence-electron chi connectivity index (χ3n) is 10.4. The van der Waals surface area contributed by atoms with Crippen LogP contribution >= 0.6 is 0 Å². The monoisotopic (exact) mass is 724 g/mol. The first kappa shape index (κ1) is 40.9. The summed E-state index contributed by atoms with van der Waals surface area (Å²) in [7, 11) is -4.52. The molecule has 4 rings (SSSR count). The average Bonchev–Trinajstić information content (AvgIpc) is 3.00. The molecule has 50 heavy (non-hydrogen) atoms. The van der Waals surface area contributed by atoms with Crippen LogP contribution in [0.3, 0.4) is 0 Å². The normalized spacial score (nSPS) is 25.0. The van der Waals surface area contributed by atoms with Crippen LogP contribution < -0.4 is 10.4 Å². The van der Waals surface area contributed by atoms with Gasteiger partial charge in [0.1, 0.15) is 18.3 Å². The molecule has 2 saturated heterocycles. The van der Waals surface area contributed by atoms with E-state index in [0.29, 0.717) is 32.5 Å². The van der Waals surface area contributed by atoms with Crippen molar-refractivity contribution in [2.75, 3.05) is 13.2 Å². The van der Waals surface area contributed by atoms with Crippen LogP contribution in [-0.4, -0.2) is 77.0 Å². The molecule has 0 aliphatic carbocycles. The minimum atomic E-state index is -2.66. The zero-order chi connectivity index (χ0) is 37.0. The van der Waals surface area contributed by atoms with Gasteiger partial charge in [0.25, 0.3) is 8.32 Å². The van der Waals surface area contributed by atoms with Gasteiger partial charge in [0.05, 0.1) is 12.2 Å². The molecule has 2 aliphatic rings. The Kier molecular flexibility index (Phi) is 13.1. The van der Waals surface area contributed by atoms with Crippen molar-refractivity contribution in [1.82, 2.24) is 0 Å². The van der Waals surface area contributed by atoms with Gasteiger partial charge in [-0.2, -0.15) is 0 Å². The number of hydrogen-bond acceptors (Lipinski definition) is 7. The van der Waals surface area contributed by atoms with Crippen LogP contribution in [0, 0.1) is 11.8 Å². The largest absolute Gasteiger partial charge is 0.417 e. The zero-order valence-corrected chi connectivity index (χ0v) is 34.8. The minimum absolute atomic E-state index is 0.0943. The van der Waals surface area contributed by atoms with Crippen molar-refractivity contribution in [3.05, 3.63) is 60.7 Å². The van der Waals surface area contributed by atoms with E-state index in [-0.39, 0.29) is 22.3 Å². The Morgan fingerprint density at radius 2 is 1.20 bits per heavy atom. The second-order valence-corrected chi connectivity index (χ2v) is 26.6. The van der Waals surface area contributed by atoms with Crippen LogP contribution in [0.4, 0.5) is 0 Å². The maximum Gasteiger partial charge on any atom is 0.261 e. The summed E-state index contributed by atoms with van der Waals surface area (Å²) < 4.78 is 38.6. The molecule has 5 atom stereocenters. The molecule has 2 heterocycles. The molecule has 0 amide bonds. The van der Waals surface area contributed by atoms with E-state index in [1.54, 1.807) is 0 Å². The molecule has 9 heteroatoms. The first-order valence-corrected chi connectivity index (χ1v) is 23.3. The van der Waals surface area contributed by atoms with Gasteiger partial charge in [-0.05, 0) is 74.1 Å². The van der Waals surface area contributed by atoms with E-state index in [4.69, 9.17) is 27.8 Å². The van der Waals surface area contributed by atoms with Crippen LogP contribution in [0.15, 0.2) is 60.7 Å². The Balaban J connectivity index is 1.42. The lowest BCUT2D eigenvalue weighted by molar-refractivity contribution is -0.310. The predicted octanol–water partition coefficient (Wildman–Crippen LogP) is 7.55. The van der Waals surface area contributed by atoms with Gasteiger partial charge in [0, 0.05) is 26.1 Å². The van der Waals surface area contributed by atoms with E-state index in [0.717, 1.165) is 6.42 Å². The van der Waals surface area contributed by atoms with E-state index in [9.17, 15) is 5.11 Å². The summed E-state index contributed by atoms with van der Waals surface area (Å²) in [6.45, 7) is 26.9. The molecule has 7 nitrogen and oxygen atoms in total. The minimum Gasteiger partial charge on any atom is -0.417 e. The summed E-state index contributed by atoms with van der Waals surface area (Å²) in [5.74, 6) is 4.66. The Morgan fingerprint density at radius 3 is 1.70 bits per heavy atom. The molecule has 0 saturated carbocycles. The van der Waals surface area contributed by atoms with Crippen molar-refractivity contribution in [3.63, 3.8) is 0 Å². The number of ether oxygens (including phenoxy) is 4. The van der Waals surface area contributed by atoms with Gasteiger partial charge in [-0.1, -0.05) is 114 Å². The molecular weight excluding hydrogens is 661 g/mol. The zero-order valence-electron chi connectivity index (χ0n) is 32.8. The third kappa shape index (κ3) is 10.4. The van der Waals surface area contributed by atoms with E-state index >= 15 is 0 Å². The Labute approximate surface area is 305 Å². The molecule has 2 aromatic rings. The standard InChI is InChI=1S/C41H64O7Si2/c1-38(2,3)49(11,12)43-27-25-33-30-37(48-41(9,10)47-33)36(42)24-23-31-29-32(46-40(7,8)45-31)26-28-44-50(39(4,5)6,34-19-15-13-16-20-34)35-21-17-14-18-22-35/h13-22,31-33,36-37,42H,25-30H2,1-12H3/t31-,32+,33-,36+,37-/m1/s1. The lowest BCUT2D eigenvalue weighted by atomic mass is 10.0. The molecule has 0 unspecified atom stereocenters. The second-order valence-electron chi connectivity index (χ2n) is 17.4. The molecule has 0 bridgehead atoms. The number of hydrogen-bond donors (Lipinski definition) is 1. The van der Waals surface area contributed by atoms with Crippen molar-refractivity contribution in [2.45, 2.75) is 160 Å². The van der Waals surface area contributed by atoms with Crippen molar-refractivity contribution < 1.29 is 32.9 Å². The molecule has 0 radical (unpaired) electrons. The van der Waals surface area contributed by atoms with Gasteiger partial charge in [-0.3, -0.25) is 0 Å². The van der Waals surface area contributed by atoms with E-state index in [1.807, 2.05) is 27.7 Å². The molecule has 2 aliphatic heterocycles. The highest BCUT2D eigenvalue weighted by atomic mass is 28.4. The van der Waals surface area contributed by atoms with Crippen LogP contribution in [0.5, 0.6) is 0 Å². The van der Waals surface area contributed by atoms with Crippen molar-refractivity contribution in [1.29, 1.82) is 0 Å². The smallest absolute Gasteiger partial charge is 0.261 e. The molecule has 2 fully saturated rings. The van der Waals surface area contributed by atoms with Gasteiger partial charge < -0.3 is 32.9 Å². The quantitative estimate of drug-likeness (QED) is 0.190. The fraction of sp³-hybridized carbons (Fsp3) is 0.659. The highest BCUT2D eigenvalue weighted by Crippen LogP contribution is 2.39. The molecule has 278 valence electrons. The molecule has 1 N–H and O–H groups in total. The fourth-order valence-corrected chi connectivity index (χ4v) is 12.6. The van der Waals surface area contributed by atoms with E-state index in [1.165, 1.54) is 10.4 Å². The number of aliphatic hydroxyl groups is 1. The first-order chi connectivity index (χ1) is 23.1. The van der Waals surface area contributed by atoms with Crippen LogP contribution in [0.1, 0.15) is 94.9 Å². The van der Waals surface area contributed by atoms with E-state index in [2.05, 4.69) is 127 Å². The molecule has 0 spiro atoms. The summed E-state index contributed by atoms with van der Waals surface area (Å²) >= 11 is 0. The maximum absolute atomic E-state index is 11.3. The fourth-order valence-electron chi connectivity index (χ4n) is 6.93. The number of aliphatic hydroxyl groups excluding tert-OH is 1. The maximum atomic E-state index is 11.3. The van der Waals surface area contributed by atoms with Gasteiger partial charge in [-0.25, -0.2) is 0 Å². The van der Waals surface area contributed by atoms with E-state index < -0.39 is 46.5 Å². The second kappa shape index (κ2) is 16.0. The third-order valence-corrected chi connectivity index (χ3v) is 19.9. The van der Waals surface area contributed by atoms with Crippen LogP contribution in [-0.2, 0) is 27.8 Å². The Morgan fingerprint density at radius 1 is 0.720 bits per heavy atom. The molecule has 0 aromatic heterocycles. The lowest BCUT2D eigenvalue weighted by Gasteiger charge is -2.44. The molecular formula is C41H64O7Si2. The van der Waals surface area contributed by atoms with Gasteiger partial charge in [0.2, 0.25) is 0 Å². The SMILES string of the molecule is CC1(C)O[C@@H](CCO[Si](c2ccccc2)(c2ccccc2)C(C)(C)C)C[C@@H](C#C[C@H](O)[C@H]2C[C@@H](CCO[Si](C)(C)C(C)(C)C)OC(C)(C)O2)O1. The highest BCUT2D eigenvalue weighted by molar-refractivity contribution is 6.99. The van der Waals surface area contributed by atoms with Crippen LogP contribution in [0.2, 0.25) is 23.2 Å². The highest BCUT2D eigenvalue weighted by Gasteiger charge is 2.50. The van der Waals surface area contributed by atoms with Crippen molar-refractivity contribution >= 4 is 27.0 Å². The summed E-state index contributed by atoms with van der Waals surface area (Å²) in [5.41, 5.74) is 0. The molecule has 2 aromatic carbocycles. The number of rotatable bonds is 11.